The zero-order valence-corrected chi connectivity index (χ0v) is 25.3. The van der Waals surface area contributed by atoms with Crippen LogP contribution in [0.2, 0.25) is 0 Å². The van der Waals surface area contributed by atoms with Crippen molar-refractivity contribution >= 4 is 15.9 Å². The largest absolute Gasteiger partial charge is 0.497 e. The Hall–Kier alpha value is -4.81. The fourth-order valence-electron chi connectivity index (χ4n) is 4.70. The standard InChI is InChI=1S/C37H34O5S/c1-5-27-6-8-28(9-7-27)26-41-32-14-10-29(11-15-32)37(2,3)30-12-16-33(17-13-30)42-34-20-24-36(25-21-34)43(38,39)35-22-18-31(40-4)19-23-35/h5-25H,1,26H2,2-4H3. The summed E-state index contributed by atoms with van der Waals surface area (Å²) in [6, 6.07) is 37.1. The SMILES string of the molecule is C=Cc1ccc(COc2ccc(C(C)(C)c3ccc(Oc4ccc(S(=O)(=O)c5ccc(OC)cc5)cc4)cc3)cc2)cc1. The van der Waals surface area contributed by atoms with Gasteiger partial charge in [-0.1, -0.05) is 75.0 Å². The molecular formula is C37H34O5S. The molecular weight excluding hydrogens is 556 g/mol. The minimum atomic E-state index is -3.65. The summed E-state index contributed by atoms with van der Waals surface area (Å²) in [7, 11) is -2.11. The van der Waals surface area contributed by atoms with Crippen LogP contribution in [0, 0.1) is 0 Å². The van der Waals surface area contributed by atoms with Crippen LogP contribution in [0.15, 0.2) is 138 Å². The lowest BCUT2D eigenvalue weighted by Gasteiger charge is -2.26. The molecule has 0 atom stereocenters. The summed E-state index contributed by atoms with van der Waals surface area (Å²) in [5.74, 6) is 2.63. The average Bonchev–Trinajstić information content (AvgIpc) is 3.05. The van der Waals surface area contributed by atoms with Crippen molar-refractivity contribution in [2.24, 2.45) is 0 Å². The van der Waals surface area contributed by atoms with Crippen LogP contribution in [0.1, 0.15) is 36.1 Å². The van der Waals surface area contributed by atoms with Crippen LogP contribution in [0.4, 0.5) is 0 Å². The van der Waals surface area contributed by atoms with Crippen LogP contribution in [0.3, 0.4) is 0 Å². The maximum Gasteiger partial charge on any atom is 0.206 e. The Labute approximate surface area is 253 Å². The van der Waals surface area contributed by atoms with Gasteiger partial charge in [0.25, 0.3) is 0 Å². The first-order chi connectivity index (χ1) is 20.7. The number of ether oxygens (including phenoxy) is 3. The Morgan fingerprint density at radius 1 is 0.628 bits per heavy atom. The second kappa shape index (κ2) is 12.6. The molecule has 5 aromatic rings. The lowest BCUT2D eigenvalue weighted by Crippen LogP contribution is -2.18. The van der Waals surface area contributed by atoms with Gasteiger partial charge in [-0.3, -0.25) is 0 Å². The van der Waals surface area contributed by atoms with E-state index in [9.17, 15) is 8.42 Å². The third-order valence-electron chi connectivity index (χ3n) is 7.51. The molecule has 0 amide bonds. The summed E-state index contributed by atoms with van der Waals surface area (Å²) >= 11 is 0. The molecule has 0 N–H and O–H groups in total. The van der Waals surface area contributed by atoms with Gasteiger partial charge >= 0.3 is 0 Å². The van der Waals surface area contributed by atoms with E-state index in [2.05, 4.69) is 44.7 Å². The maximum absolute atomic E-state index is 13.0. The lowest BCUT2D eigenvalue weighted by molar-refractivity contribution is 0.306. The van der Waals surface area contributed by atoms with Gasteiger partial charge in [-0.2, -0.15) is 0 Å². The smallest absolute Gasteiger partial charge is 0.206 e. The molecule has 218 valence electrons. The van der Waals surface area contributed by atoms with E-state index < -0.39 is 9.84 Å². The molecule has 0 spiro atoms. The molecule has 0 aromatic heterocycles. The summed E-state index contributed by atoms with van der Waals surface area (Å²) in [5.41, 5.74) is 4.25. The highest BCUT2D eigenvalue weighted by atomic mass is 32.2. The zero-order chi connectivity index (χ0) is 30.5. The van der Waals surface area contributed by atoms with E-state index in [1.807, 2.05) is 54.6 Å². The Bertz CT molecular complexity index is 1770. The van der Waals surface area contributed by atoms with Gasteiger partial charge in [0.15, 0.2) is 0 Å². The normalized spacial score (nSPS) is 11.5. The van der Waals surface area contributed by atoms with E-state index in [1.54, 1.807) is 43.5 Å². The van der Waals surface area contributed by atoms with E-state index in [0.29, 0.717) is 23.9 Å². The van der Waals surface area contributed by atoms with Crippen LogP contribution in [-0.4, -0.2) is 15.5 Å². The Morgan fingerprint density at radius 3 is 1.53 bits per heavy atom. The van der Waals surface area contributed by atoms with Crippen molar-refractivity contribution in [2.75, 3.05) is 7.11 Å². The monoisotopic (exact) mass is 590 g/mol. The van der Waals surface area contributed by atoms with E-state index >= 15 is 0 Å². The first-order valence-electron chi connectivity index (χ1n) is 13.9. The van der Waals surface area contributed by atoms with Gasteiger partial charge in [-0.15, -0.1) is 0 Å². The molecule has 0 bridgehead atoms. The molecule has 0 radical (unpaired) electrons. The Balaban J connectivity index is 1.21. The fourth-order valence-corrected chi connectivity index (χ4v) is 5.97. The molecule has 5 aromatic carbocycles. The summed E-state index contributed by atoms with van der Waals surface area (Å²) < 4.78 is 43.1. The van der Waals surface area contributed by atoms with Crippen molar-refractivity contribution in [3.63, 3.8) is 0 Å². The van der Waals surface area contributed by atoms with Crippen molar-refractivity contribution in [3.8, 4) is 23.0 Å². The number of hydrogen-bond acceptors (Lipinski definition) is 5. The Morgan fingerprint density at radius 2 is 1.07 bits per heavy atom. The number of methoxy groups -OCH3 is 1. The first-order valence-corrected chi connectivity index (χ1v) is 15.4. The molecule has 0 saturated heterocycles. The van der Waals surface area contributed by atoms with Gasteiger partial charge < -0.3 is 14.2 Å². The topological polar surface area (TPSA) is 61.8 Å². The van der Waals surface area contributed by atoms with Crippen molar-refractivity contribution in [1.29, 1.82) is 0 Å². The number of benzene rings is 5. The molecule has 0 aliphatic carbocycles. The molecule has 5 rings (SSSR count). The molecule has 0 aliphatic rings. The third-order valence-corrected chi connectivity index (χ3v) is 9.30. The van der Waals surface area contributed by atoms with Gasteiger partial charge in [-0.25, -0.2) is 8.42 Å². The predicted molar refractivity (Wildman–Crippen MR) is 171 cm³/mol. The predicted octanol–water partition coefficient (Wildman–Crippen LogP) is 8.87. The molecule has 0 unspecified atom stereocenters. The molecule has 43 heavy (non-hydrogen) atoms. The minimum Gasteiger partial charge on any atom is -0.497 e. The van der Waals surface area contributed by atoms with Crippen LogP contribution in [0.25, 0.3) is 6.08 Å². The summed E-state index contributed by atoms with van der Waals surface area (Å²) in [5, 5.41) is 0. The van der Waals surface area contributed by atoms with E-state index in [0.717, 1.165) is 28.0 Å². The fraction of sp³-hybridized carbons (Fsp3) is 0.135. The maximum atomic E-state index is 13.0. The quantitative estimate of drug-likeness (QED) is 0.154. The van der Waals surface area contributed by atoms with Gasteiger partial charge in [0.1, 0.15) is 29.6 Å². The minimum absolute atomic E-state index is 0.195. The van der Waals surface area contributed by atoms with Gasteiger partial charge in [0.05, 0.1) is 16.9 Å². The number of hydrogen-bond donors (Lipinski definition) is 0. The molecule has 0 aliphatic heterocycles. The lowest BCUT2D eigenvalue weighted by atomic mass is 9.78. The summed E-state index contributed by atoms with van der Waals surface area (Å²) in [6.07, 6.45) is 1.83. The van der Waals surface area contributed by atoms with Crippen molar-refractivity contribution in [1.82, 2.24) is 0 Å². The van der Waals surface area contributed by atoms with Crippen LogP contribution < -0.4 is 14.2 Å². The molecule has 0 fully saturated rings. The van der Waals surface area contributed by atoms with Crippen LogP contribution in [-0.2, 0) is 21.9 Å². The molecule has 0 heterocycles. The van der Waals surface area contributed by atoms with E-state index in [-0.39, 0.29) is 15.2 Å². The number of sulfone groups is 1. The highest BCUT2D eigenvalue weighted by Gasteiger charge is 2.23. The average molecular weight is 591 g/mol. The second-order valence-electron chi connectivity index (χ2n) is 10.7. The molecule has 5 nitrogen and oxygen atoms in total. The molecule has 0 saturated carbocycles. The van der Waals surface area contributed by atoms with Crippen molar-refractivity contribution < 1.29 is 22.6 Å². The van der Waals surface area contributed by atoms with Gasteiger partial charge in [0.2, 0.25) is 9.84 Å². The van der Waals surface area contributed by atoms with E-state index in [1.165, 1.54) is 12.1 Å². The van der Waals surface area contributed by atoms with Crippen molar-refractivity contribution in [3.05, 3.63) is 150 Å². The highest BCUT2D eigenvalue weighted by molar-refractivity contribution is 7.91. The summed E-state index contributed by atoms with van der Waals surface area (Å²) in [6.45, 7) is 8.66. The second-order valence-corrected chi connectivity index (χ2v) is 12.6. The van der Waals surface area contributed by atoms with Crippen LogP contribution >= 0.6 is 0 Å². The Kier molecular flexibility index (Phi) is 8.69. The van der Waals surface area contributed by atoms with Crippen molar-refractivity contribution in [2.45, 2.75) is 35.7 Å². The summed E-state index contributed by atoms with van der Waals surface area (Å²) in [4.78, 5) is 0.401. The van der Waals surface area contributed by atoms with E-state index in [4.69, 9.17) is 14.2 Å². The zero-order valence-electron chi connectivity index (χ0n) is 24.5. The van der Waals surface area contributed by atoms with Gasteiger partial charge in [-0.05, 0) is 95.1 Å². The van der Waals surface area contributed by atoms with Crippen LogP contribution in [0.5, 0.6) is 23.0 Å². The third kappa shape index (κ3) is 6.82. The highest BCUT2D eigenvalue weighted by Crippen LogP contribution is 2.34. The number of rotatable bonds is 11. The first kappa shape index (κ1) is 29.7. The van der Waals surface area contributed by atoms with Gasteiger partial charge in [0, 0.05) is 5.41 Å². The molecule has 6 heteroatoms.